The Labute approximate surface area is 193 Å². The number of hydrogen-bond donors (Lipinski definition) is 2. The molecule has 0 radical (unpaired) electrons. The van der Waals surface area contributed by atoms with Crippen molar-refractivity contribution in [3.8, 4) is 11.1 Å². The Morgan fingerprint density at radius 2 is 1.67 bits per heavy atom. The molecule has 1 heterocycles. The Kier molecular flexibility index (Phi) is 5.56. The summed E-state index contributed by atoms with van der Waals surface area (Å²) in [4.78, 5) is 24.3. The summed E-state index contributed by atoms with van der Waals surface area (Å²) in [5, 5.41) is 14.2. The number of rotatable bonds is 6. The van der Waals surface area contributed by atoms with Crippen LogP contribution in [0.3, 0.4) is 0 Å². The van der Waals surface area contributed by atoms with Crippen molar-refractivity contribution in [1.29, 1.82) is 0 Å². The number of carbonyl (C=O) groups is 2. The fraction of sp³-hybridized carbons (Fsp3) is 0.154. The molecule has 5 rings (SSSR count). The van der Waals surface area contributed by atoms with Gasteiger partial charge in [0, 0.05) is 22.4 Å². The molecule has 0 unspecified atom stereocenters. The van der Waals surface area contributed by atoms with Crippen molar-refractivity contribution in [3.63, 3.8) is 0 Å². The number of hydrogen-bond acceptors (Lipinski definition) is 4. The number of amides is 1. The highest BCUT2D eigenvalue weighted by atomic mass is 32.1. The number of carboxylic acids is 1. The standard InChI is InChI=1S/C26H20FNO4S/c27-21-10-5-11-23-24(21)15(14-33-23)12-22(25(29)30)28-26(31)32-13-20-18-8-3-1-6-16(18)17-7-2-4-9-19(17)20/h1-11,14,20,22H,12-13H2,(H,28,31)(H,29,30)/t22-/m0/s1. The van der Waals surface area contributed by atoms with Gasteiger partial charge in [-0.25, -0.2) is 14.0 Å². The van der Waals surface area contributed by atoms with Gasteiger partial charge in [-0.3, -0.25) is 0 Å². The first-order valence-electron chi connectivity index (χ1n) is 10.5. The van der Waals surface area contributed by atoms with Gasteiger partial charge in [0.15, 0.2) is 0 Å². The van der Waals surface area contributed by atoms with Crippen LogP contribution in [0.2, 0.25) is 0 Å². The smallest absolute Gasteiger partial charge is 0.407 e. The second-order valence-corrected chi connectivity index (χ2v) is 8.85. The molecule has 0 bridgehead atoms. The third-order valence-electron chi connectivity index (χ3n) is 5.98. The molecule has 1 aliphatic rings. The van der Waals surface area contributed by atoms with Gasteiger partial charge < -0.3 is 15.2 Å². The fourth-order valence-corrected chi connectivity index (χ4v) is 5.45. The highest BCUT2D eigenvalue weighted by Gasteiger charge is 2.30. The minimum Gasteiger partial charge on any atom is -0.480 e. The molecule has 1 aliphatic carbocycles. The molecular weight excluding hydrogens is 441 g/mol. The minimum atomic E-state index is -1.24. The van der Waals surface area contributed by atoms with Gasteiger partial charge in [0.2, 0.25) is 0 Å². The number of alkyl carbamates (subject to hydrolysis) is 1. The van der Waals surface area contributed by atoms with Crippen LogP contribution in [0.4, 0.5) is 9.18 Å². The summed E-state index contributed by atoms with van der Waals surface area (Å²) in [6.45, 7) is 0.0855. The van der Waals surface area contributed by atoms with E-state index in [9.17, 15) is 19.1 Å². The number of fused-ring (bicyclic) bond motifs is 4. The van der Waals surface area contributed by atoms with Crippen molar-refractivity contribution in [2.45, 2.75) is 18.4 Å². The van der Waals surface area contributed by atoms with E-state index in [1.54, 1.807) is 17.5 Å². The minimum absolute atomic E-state index is 0.0412. The van der Waals surface area contributed by atoms with E-state index in [0.717, 1.165) is 27.0 Å². The molecule has 166 valence electrons. The number of carbonyl (C=O) groups excluding carboxylic acids is 1. The zero-order chi connectivity index (χ0) is 22.9. The molecule has 7 heteroatoms. The molecule has 0 aliphatic heterocycles. The number of aliphatic carboxylic acids is 1. The predicted octanol–water partition coefficient (Wildman–Crippen LogP) is 5.57. The first-order chi connectivity index (χ1) is 16.0. The molecule has 1 amide bonds. The normalized spacial score (nSPS) is 13.4. The summed E-state index contributed by atoms with van der Waals surface area (Å²) in [6.07, 6.45) is -0.857. The Hall–Kier alpha value is -3.71. The van der Waals surface area contributed by atoms with Gasteiger partial charge in [-0.05, 0) is 45.3 Å². The van der Waals surface area contributed by atoms with Crippen molar-refractivity contribution in [2.24, 2.45) is 0 Å². The summed E-state index contributed by atoms with van der Waals surface area (Å²) in [7, 11) is 0. The number of thiophene rings is 1. The van der Waals surface area contributed by atoms with E-state index in [4.69, 9.17) is 4.74 Å². The Morgan fingerprint density at radius 1 is 1.00 bits per heavy atom. The predicted molar refractivity (Wildman–Crippen MR) is 125 cm³/mol. The van der Waals surface area contributed by atoms with Crippen molar-refractivity contribution in [1.82, 2.24) is 5.32 Å². The Morgan fingerprint density at radius 3 is 2.33 bits per heavy atom. The molecule has 5 nitrogen and oxygen atoms in total. The maximum Gasteiger partial charge on any atom is 0.407 e. The number of ether oxygens (including phenoxy) is 1. The van der Waals surface area contributed by atoms with Gasteiger partial charge >= 0.3 is 12.1 Å². The van der Waals surface area contributed by atoms with Crippen LogP contribution in [0.1, 0.15) is 22.6 Å². The van der Waals surface area contributed by atoms with E-state index in [-0.39, 0.29) is 18.9 Å². The summed E-state index contributed by atoms with van der Waals surface area (Å²) >= 11 is 1.34. The van der Waals surface area contributed by atoms with Crippen LogP contribution in [-0.4, -0.2) is 29.8 Å². The number of halogens is 1. The van der Waals surface area contributed by atoms with Gasteiger partial charge in [-0.2, -0.15) is 0 Å². The molecule has 0 fully saturated rings. The van der Waals surface area contributed by atoms with Gasteiger partial charge in [0.1, 0.15) is 18.5 Å². The molecular formula is C26H20FNO4S. The average Bonchev–Trinajstić information content (AvgIpc) is 3.37. The van der Waals surface area contributed by atoms with E-state index >= 15 is 0 Å². The lowest BCUT2D eigenvalue weighted by atomic mass is 9.98. The second kappa shape index (κ2) is 8.67. The van der Waals surface area contributed by atoms with Crippen LogP contribution in [0.25, 0.3) is 21.2 Å². The van der Waals surface area contributed by atoms with Gasteiger partial charge in [0.05, 0.1) is 0 Å². The fourth-order valence-electron chi connectivity index (χ4n) is 4.46. The summed E-state index contributed by atoms with van der Waals surface area (Å²) in [5.41, 5.74) is 4.90. The maximum absolute atomic E-state index is 14.3. The highest BCUT2D eigenvalue weighted by Crippen LogP contribution is 2.44. The molecule has 2 N–H and O–H groups in total. The van der Waals surface area contributed by atoms with Crippen LogP contribution in [0.15, 0.2) is 72.1 Å². The lowest BCUT2D eigenvalue weighted by Crippen LogP contribution is -2.42. The van der Waals surface area contributed by atoms with Crippen molar-refractivity contribution >= 4 is 33.5 Å². The molecule has 0 saturated carbocycles. The first kappa shape index (κ1) is 21.2. The monoisotopic (exact) mass is 461 g/mol. The van der Waals surface area contributed by atoms with Crippen LogP contribution in [0.5, 0.6) is 0 Å². The topological polar surface area (TPSA) is 75.6 Å². The van der Waals surface area contributed by atoms with E-state index in [2.05, 4.69) is 5.32 Å². The van der Waals surface area contributed by atoms with E-state index in [1.165, 1.54) is 17.4 Å². The first-order valence-corrected chi connectivity index (χ1v) is 11.4. The van der Waals surface area contributed by atoms with Crippen LogP contribution in [-0.2, 0) is 16.0 Å². The Balaban J connectivity index is 1.29. The average molecular weight is 462 g/mol. The summed E-state index contributed by atoms with van der Waals surface area (Å²) < 4.78 is 20.5. The largest absolute Gasteiger partial charge is 0.480 e. The lowest BCUT2D eigenvalue weighted by Gasteiger charge is -2.17. The third kappa shape index (κ3) is 3.96. The zero-order valence-corrected chi connectivity index (χ0v) is 18.3. The molecule has 1 atom stereocenters. The van der Waals surface area contributed by atoms with E-state index in [1.807, 2.05) is 48.5 Å². The zero-order valence-electron chi connectivity index (χ0n) is 17.5. The van der Waals surface area contributed by atoms with Gasteiger partial charge in [0.25, 0.3) is 0 Å². The lowest BCUT2D eigenvalue weighted by molar-refractivity contribution is -0.139. The molecule has 1 aromatic heterocycles. The molecule has 3 aromatic carbocycles. The number of benzene rings is 3. The third-order valence-corrected chi connectivity index (χ3v) is 6.98. The van der Waals surface area contributed by atoms with Crippen molar-refractivity contribution < 1.29 is 23.8 Å². The summed E-state index contributed by atoms with van der Waals surface area (Å²) in [5.74, 6) is -1.74. The van der Waals surface area contributed by atoms with Crippen LogP contribution in [0, 0.1) is 5.82 Å². The molecule has 0 saturated heterocycles. The van der Waals surface area contributed by atoms with E-state index in [0.29, 0.717) is 10.9 Å². The maximum atomic E-state index is 14.3. The molecule has 33 heavy (non-hydrogen) atoms. The van der Waals surface area contributed by atoms with E-state index < -0.39 is 23.9 Å². The van der Waals surface area contributed by atoms with Crippen molar-refractivity contribution in [2.75, 3.05) is 6.61 Å². The molecule has 0 spiro atoms. The SMILES string of the molecule is O=C(N[C@@H](Cc1csc2cccc(F)c12)C(=O)O)OCC1c2ccccc2-c2ccccc21. The number of carboxylic acid groups (broad SMARTS) is 1. The van der Waals surface area contributed by atoms with Crippen LogP contribution < -0.4 is 5.32 Å². The summed E-state index contributed by atoms with van der Waals surface area (Å²) in [6, 6.07) is 19.4. The second-order valence-electron chi connectivity index (χ2n) is 7.94. The van der Waals surface area contributed by atoms with Crippen molar-refractivity contribution in [3.05, 3.63) is 94.6 Å². The van der Waals surface area contributed by atoms with Gasteiger partial charge in [-0.15, -0.1) is 11.3 Å². The Bertz CT molecular complexity index is 1320. The number of nitrogens with one attached hydrogen (secondary N) is 1. The van der Waals surface area contributed by atoms with Gasteiger partial charge in [-0.1, -0.05) is 54.6 Å². The van der Waals surface area contributed by atoms with Crippen LogP contribution >= 0.6 is 11.3 Å². The quantitative estimate of drug-likeness (QED) is 0.393. The highest BCUT2D eigenvalue weighted by molar-refractivity contribution is 7.17. The molecule has 4 aromatic rings.